The van der Waals surface area contributed by atoms with E-state index in [4.69, 9.17) is 9.47 Å². The Morgan fingerprint density at radius 1 is 0.647 bits per heavy atom. The summed E-state index contributed by atoms with van der Waals surface area (Å²) >= 11 is 0. The van der Waals surface area contributed by atoms with E-state index in [-0.39, 0.29) is 12.5 Å². The molecule has 1 amide bonds. The summed E-state index contributed by atoms with van der Waals surface area (Å²) in [5, 5.41) is 54.0. The van der Waals surface area contributed by atoms with Crippen molar-refractivity contribution < 1.29 is 39.8 Å². The number of unbranched alkanes of at least 4 members (excludes halogenated alkanes) is 25. The van der Waals surface area contributed by atoms with Crippen LogP contribution >= 0.6 is 0 Å². The molecule has 0 saturated carbocycles. The molecule has 1 aliphatic rings. The van der Waals surface area contributed by atoms with Crippen molar-refractivity contribution in [2.75, 3.05) is 13.2 Å². The monoisotopic (exact) mass is 728 g/mol. The van der Waals surface area contributed by atoms with Crippen LogP contribution in [0.2, 0.25) is 0 Å². The maximum atomic E-state index is 12.9. The molecule has 0 bridgehead atoms. The number of amides is 1. The number of hydrogen-bond donors (Lipinski definition) is 6. The molecule has 1 fully saturated rings. The van der Waals surface area contributed by atoms with Crippen LogP contribution in [0.3, 0.4) is 0 Å². The molecule has 0 aliphatic carbocycles. The number of carbonyl (C=O) groups excluding carboxylic acids is 1. The van der Waals surface area contributed by atoms with Gasteiger partial charge in [0.15, 0.2) is 6.29 Å². The molecular formula is C42H81NO8. The summed E-state index contributed by atoms with van der Waals surface area (Å²) in [6, 6.07) is -0.796. The van der Waals surface area contributed by atoms with Gasteiger partial charge in [0.1, 0.15) is 24.4 Å². The topological polar surface area (TPSA) is 149 Å². The second-order valence-electron chi connectivity index (χ2n) is 15.1. The molecule has 0 aromatic heterocycles. The fourth-order valence-corrected chi connectivity index (χ4v) is 6.86. The summed E-state index contributed by atoms with van der Waals surface area (Å²) in [5.74, 6) is -0.176. The first kappa shape index (κ1) is 48.0. The zero-order valence-electron chi connectivity index (χ0n) is 32.9. The van der Waals surface area contributed by atoms with Gasteiger partial charge in [0, 0.05) is 6.42 Å². The number of rotatable bonds is 35. The van der Waals surface area contributed by atoms with E-state index in [1.807, 2.05) is 6.08 Å². The molecular weight excluding hydrogens is 646 g/mol. The minimum Gasteiger partial charge on any atom is -0.394 e. The van der Waals surface area contributed by atoms with E-state index < -0.39 is 49.5 Å². The van der Waals surface area contributed by atoms with Gasteiger partial charge in [-0.15, -0.1) is 0 Å². The van der Waals surface area contributed by atoms with E-state index in [2.05, 4.69) is 19.2 Å². The largest absolute Gasteiger partial charge is 0.394 e. The van der Waals surface area contributed by atoms with Gasteiger partial charge in [0.05, 0.1) is 25.4 Å². The molecule has 2 unspecified atom stereocenters. The van der Waals surface area contributed by atoms with Gasteiger partial charge in [-0.05, 0) is 19.3 Å². The molecule has 1 saturated heterocycles. The van der Waals surface area contributed by atoms with Crippen molar-refractivity contribution in [1.82, 2.24) is 5.32 Å². The minimum atomic E-state index is -1.56. The summed E-state index contributed by atoms with van der Waals surface area (Å²) in [6.07, 6.45) is 29.6. The SMILES string of the molecule is CCCCCCCCCCCCC/C=C/[C@@H](O)[C@H](CO[C@@H]1OC(CO)[C@H](O)[C@H](O)C1O)NC(=O)CCCCCCCCCCCCCCCCC. The summed E-state index contributed by atoms with van der Waals surface area (Å²) in [5.41, 5.74) is 0. The van der Waals surface area contributed by atoms with Crippen LogP contribution in [-0.4, -0.2) is 87.5 Å². The van der Waals surface area contributed by atoms with Crippen molar-refractivity contribution in [2.45, 2.75) is 236 Å². The Bertz CT molecular complexity index is 812. The fraction of sp³-hybridized carbons (Fsp3) is 0.929. The first-order chi connectivity index (χ1) is 24.8. The molecule has 1 rings (SSSR count). The lowest BCUT2D eigenvalue weighted by Crippen LogP contribution is -2.60. The molecule has 9 heteroatoms. The fourth-order valence-electron chi connectivity index (χ4n) is 6.86. The van der Waals surface area contributed by atoms with Crippen LogP contribution in [0, 0.1) is 0 Å². The van der Waals surface area contributed by atoms with Crippen molar-refractivity contribution in [3.05, 3.63) is 12.2 Å². The molecule has 0 radical (unpaired) electrons. The predicted octanol–water partition coefficient (Wildman–Crippen LogP) is 8.17. The lowest BCUT2D eigenvalue weighted by atomic mass is 9.99. The summed E-state index contributed by atoms with van der Waals surface area (Å²) < 4.78 is 11.2. The van der Waals surface area contributed by atoms with Crippen LogP contribution in [-0.2, 0) is 14.3 Å². The maximum absolute atomic E-state index is 12.9. The number of ether oxygens (including phenoxy) is 2. The van der Waals surface area contributed by atoms with Gasteiger partial charge in [0.2, 0.25) is 5.91 Å². The van der Waals surface area contributed by atoms with Crippen LogP contribution < -0.4 is 5.32 Å². The Labute approximate surface area is 312 Å². The van der Waals surface area contributed by atoms with Crippen LogP contribution in [0.1, 0.15) is 194 Å². The van der Waals surface area contributed by atoms with E-state index in [9.17, 15) is 30.3 Å². The zero-order valence-corrected chi connectivity index (χ0v) is 32.9. The van der Waals surface area contributed by atoms with Crippen LogP contribution in [0.4, 0.5) is 0 Å². The molecule has 0 aromatic rings. The second-order valence-corrected chi connectivity index (χ2v) is 15.1. The standard InChI is InChI=1S/C42H81NO8/c1-3-5-7-9-11-13-15-17-18-20-22-24-26-28-30-32-38(46)43-35(34-50-42-41(49)40(48)39(47)37(33-44)51-42)36(45)31-29-27-25-23-21-19-16-14-12-10-8-6-4-2/h29,31,35-37,39-42,44-45,47-49H,3-28,30,32-34H2,1-2H3,(H,43,46)/b31-29+/t35-,36+,37?,39-,40-,41?,42+/m0/s1. The second kappa shape index (κ2) is 33.5. The van der Waals surface area contributed by atoms with Crippen molar-refractivity contribution in [3.8, 4) is 0 Å². The van der Waals surface area contributed by atoms with Gasteiger partial charge < -0.3 is 40.3 Å². The third-order valence-corrected chi connectivity index (χ3v) is 10.4. The normalized spacial score (nSPS) is 22.1. The Morgan fingerprint density at radius 3 is 1.53 bits per heavy atom. The van der Waals surface area contributed by atoms with Crippen LogP contribution in [0.5, 0.6) is 0 Å². The number of hydrogen-bond acceptors (Lipinski definition) is 8. The first-order valence-electron chi connectivity index (χ1n) is 21.4. The van der Waals surface area contributed by atoms with Crippen molar-refractivity contribution in [1.29, 1.82) is 0 Å². The van der Waals surface area contributed by atoms with E-state index in [0.29, 0.717) is 6.42 Å². The maximum Gasteiger partial charge on any atom is 0.220 e. The molecule has 6 N–H and O–H groups in total. The van der Waals surface area contributed by atoms with Crippen LogP contribution in [0.25, 0.3) is 0 Å². The third kappa shape index (κ3) is 24.8. The Kier molecular flexibility index (Phi) is 31.5. The van der Waals surface area contributed by atoms with E-state index in [1.165, 1.54) is 135 Å². The quantitative estimate of drug-likeness (QED) is 0.0283. The highest BCUT2D eigenvalue weighted by atomic mass is 16.7. The van der Waals surface area contributed by atoms with Crippen molar-refractivity contribution in [2.24, 2.45) is 0 Å². The molecule has 7 atom stereocenters. The molecule has 51 heavy (non-hydrogen) atoms. The number of nitrogens with one attached hydrogen (secondary N) is 1. The lowest BCUT2D eigenvalue weighted by Gasteiger charge is -2.40. The van der Waals surface area contributed by atoms with Gasteiger partial charge in [-0.1, -0.05) is 180 Å². The Balaban J connectivity index is 2.39. The Hall–Kier alpha value is -1.07. The smallest absolute Gasteiger partial charge is 0.220 e. The van der Waals surface area contributed by atoms with E-state index >= 15 is 0 Å². The molecule has 9 nitrogen and oxygen atoms in total. The molecule has 1 heterocycles. The van der Waals surface area contributed by atoms with Crippen LogP contribution in [0.15, 0.2) is 12.2 Å². The number of aliphatic hydroxyl groups is 5. The lowest BCUT2D eigenvalue weighted by molar-refractivity contribution is -0.302. The number of aliphatic hydroxyl groups excluding tert-OH is 5. The van der Waals surface area contributed by atoms with Gasteiger partial charge >= 0.3 is 0 Å². The van der Waals surface area contributed by atoms with E-state index in [1.54, 1.807) is 6.08 Å². The molecule has 0 aromatic carbocycles. The summed E-state index contributed by atoms with van der Waals surface area (Å²) in [7, 11) is 0. The highest BCUT2D eigenvalue weighted by Crippen LogP contribution is 2.22. The predicted molar refractivity (Wildman–Crippen MR) is 207 cm³/mol. The average molecular weight is 728 g/mol. The average Bonchev–Trinajstić information content (AvgIpc) is 3.13. The zero-order chi connectivity index (χ0) is 37.4. The van der Waals surface area contributed by atoms with Crippen molar-refractivity contribution in [3.63, 3.8) is 0 Å². The van der Waals surface area contributed by atoms with Crippen molar-refractivity contribution >= 4 is 5.91 Å². The third-order valence-electron chi connectivity index (χ3n) is 10.4. The van der Waals surface area contributed by atoms with E-state index in [0.717, 1.165) is 38.5 Å². The van der Waals surface area contributed by atoms with Gasteiger partial charge in [0.25, 0.3) is 0 Å². The molecule has 302 valence electrons. The summed E-state index contributed by atoms with van der Waals surface area (Å²) in [4.78, 5) is 12.9. The highest BCUT2D eigenvalue weighted by molar-refractivity contribution is 5.76. The highest BCUT2D eigenvalue weighted by Gasteiger charge is 2.44. The molecule has 1 aliphatic heterocycles. The summed E-state index contributed by atoms with van der Waals surface area (Å²) in [6.45, 7) is 3.76. The Morgan fingerprint density at radius 2 is 1.08 bits per heavy atom. The first-order valence-corrected chi connectivity index (χ1v) is 21.4. The van der Waals surface area contributed by atoms with Gasteiger partial charge in [-0.25, -0.2) is 0 Å². The van der Waals surface area contributed by atoms with Gasteiger partial charge in [-0.2, -0.15) is 0 Å². The number of allylic oxidation sites excluding steroid dienone is 1. The number of carbonyl (C=O) groups is 1. The minimum absolute atomic E-state index is 0.176. The molecule has 0 spiro atoms. The van der Waals surface area contributed by atoms with Gasteiger partial charge in [-0.3, -0.25) is 4.79 Å².